The van der Waals surface area contributed by atoms with E-state index in [1.165, 1.54) is 0 Å². The molecule has 0 unspecified atom stereocenters. The third kappa shape index (κ3) is 13.8. The fourth-order valence-electron chi connectivity index (χ4n) is 0. The maximum absolute atomic E-state index is 7.57. The Labute approximate surface area is 44.8 Å². The van der Waals surface area contributed by atoms with E-state index in [9.17, 15) is 0 Å². The van der Waals surface area contributed by atoms with Crippen LogP contribution in [0.15, 0.2) is 0 Å². The van der Waals surface area contributed by atoms with E-state index in [-0.39, 0.29) is 32.5 Å². The second-order valence-electron chi connectivity index (χ2n) is 0.316. The van der Waals surface area contributed by atoms with Gasteiger partial charge in [-0.15, -0.1) is 0 Å². The van der Waals surface area contributed by atoms with Gasteiger partial charge in [-0.1, -0.05) is 0 Å². The smallest absolute Gasteiger partial charge is 0.0402 e. The van der Waals surface area contributed by atoms with Crippen LogP contribution in [0.1, 0.15) is 6.92 Å². The van der Waals surface area contributed by atoms with Crippen molar-refractivity contribution in [1.82, 2.24) is 0 Å². The van der Waals surface area contributed by atoms with Gasteiger partial charge in [-0.25, -0.2) is 0 Å². The van der Waals surface area contributed by atoms with Gasteiger partial charge in [0, 0.05) is 32.5 Å². The fraction of sp³-hybridized carbons (Fsp3) is 1.00. The summed E-state index contributed by atoms with van der Waals surface area (Å²) in [5, 5.41) is 7.57. The minimum absolute atomic E-state index is 0. The zero-order chi connectivity index (χ0) is 2.71. The quantitative estimate of drug-likeness (QED) is 0.444. The first kappa shape index (κ1) is 8.85. The summed E-state index contributed by atoms with van der Waals surface area (Å²) < 4.78 is 0. The number of aliphatic hydroxyl groups excluding tert-OH is 1. The van der Waals surface area contributed by atoms with Gasteiger partial charge in [0.2, 0.25) is 0 Å². The predicted molar refractivity (Wildman–Crippen MR) is 12.8 cm³/mol. The summed E-state index contributed by atoms with van der Waals surface area (Å²) in [6, 6.07) is 0. The third-order valence-electron chi connectivity index (χ3n) is 0. The zero-order valence-corrected chi connectivity index (χ0v) is 4.53. The van der Waals surface area contributed by atoms with Crippen molar-refractivity contribution in [3.8, 4) is 0 Å². The van der Waals surface area contributed by atoms with Crippen molar-refractivity contribution in [2.75, 3.05) is 6.61 Å². The van der Waals surface area contributed by atoms with Crippen LogP contribution in [0.3, 0.4) is 0 Å². The molecule has 1 nitrogen and oxygen atoms in total. The van der Waals surface area contributed by atoms with E-state index in [4.69, 9.17) is 5.11 Å². The topological polar surface area (TPSA) is 20.2 Å². The predicted octanol–water partition coefficient (Wildman–Crippen LogP) is -0.00390. The Kier molecular flexibility index (Phi) is 20.3. The third-order valence-corrected chi connectivity index (χ3v) is 0. The van der Waals surface area contributed by atoms with E-state index < -0.39 is 0 Å². The molecule has 0 heterocycles. The molecular formula is C2H6OSc. The summed E-state index contributed by atoms with van der Waals surface area (Å²) in [5.74, 6) is 0. The molecule has 0 aromatic carbocycles. The van der Waals surface area contributed by atoms with E-state index in [2.05, 4.69) is 0 Å². The molecule has 0 saturated carbocycles. The molecule has 1 N–H and O–H groups in total. The van der Waals surface area contributed by atoms with Crippen LogP contribution in [0.25, 0.3) is 0 Å². The van der Waals surface area contributed by atoms with E-state index >= 15 is 0 Å². The molecule has 0 aromatic rings. The van der Waals surface area contributed by atoms with Gasteiger partial charge in [0.05, 0.1) is 0 Å². The molecule has 0 atom stereocenters. The number of rotatable bonds is 0. The van der Waals surface area contributed by atoms with Gasteiger partial charge >= 0.3 is 0 Å². The molecule has 4 heavy (non-hydrogen) atoms. The number of aliphatic hydroxyl groups is 1. The van der Waals surface area contributed by atoms with Gasteiger partial charge in [-0.3, -0.25) is 0 Å². The SMILES string of the molecule is CCO.[Sc]. The molecule has 0 aliphatic carbocycles. The molecule has 0 rings (SSSR count). The van der Waals surface area contributed by atoms with E-state index in [0.717, 1.165) is 0 Å². The maximum Gasteiger partial charge on any atom is 0.0402 e. The van der Waals surface area contributed by atoms with Gasteiger partial charge < -0.3 is 5.11 Å². The molecule has 0 aliphatic heterocycles. The van der Waals surface area contributed by atoms with E-state index in [1.54, 1.807) is 6.92 Å². The summed E-state index contributed by atoms with van der Waals surface area (Å²) in [6.45, 7) is 1.93. The summed E-state index contributed by atoms with van der Waals surface area (Å²) in [4.78, 5) is 0. The van der Waals surface area contributed by atoms with Crippen molar-refractivity contribution in [3.05, 3.63) is 0 Å². The molecule has 0 aromatic heterocycles. The first-order valence-corrected chi connectivity index (χ1v) is 1.02. The van der Waals surface area contributed by atoms with Gasteiger partial charge in [-0.2, -0.15) is 0 Å². The van der Waals surface area contributed by atoms with Crippen LogP contribution in [0.4, 0.5) is 0 Å². The molecule has 23 valence electrons. The molecule has 0 spiro atoms. The van der Waals surface area contributed by atoms with Gasteiger partial charge in [0.1, 0.15) is 0 Å². The van der Waals surface area contributed by atoms with Crippen LogP contribution in [0.2, 0.25) is 0 Å². The van der Waals surface area contributed by atoms with Gasteiger partial charge in [0.25, 0.3) is 0 Å². The van der Waals surface area contributed by atoms with Crippen LogP contribution in [-0.2, 0) is 25.8 Å². The summed E-state index contributed by atoms with van der Waals surface area (Å²) in [5.41, 5.74) is 0. The second-order valence-corrected chi connectivity index (χ2v) is 0.316. The van der Waals surface area contributed by atoms with Crippen LogP contribution >= 0.6 is 0 Å². The van der Waals surface area contributed by atoms with Crippen molar-refractivity contribution in [3.63, 3.8) is 0 Å². The molecule has 0 saturated heterocycles. The average Bonchev–Trinajstić information content (AvgIpc) is 0.918. The molecule has 1 radical (unpaired) electrons. The minimum Gasteiger partial charge on any atom is -0.397 e. The van der Waals surface area contributed by atoms with E-state index in [1.807, 2.05) is 0 Å². The Morgan fingerprint density at radius 3 is 1.75 bits per heavy atom. The van der Waals surface area contributed by atoms with Crippen molar-refractivity contribution < 1.29 is 30.9 Å². The standard InChI is InChI=1S/C2H6O.Sc/c1-2-3;/h3H,2H2,1H3;. The molecule has 0 bridgehead atoms. The normalized spacial score (nSPS) is 4.50. The summed E-state index contributed by atoms with van der Waals surface area (Å²) in [6.07, 6.45) is 0. The van der Waals surface area contributed by atoms with E-state index in [0.29, 0.717) is 0 Å². The molecule has 0 fully saturated rings. The number of hydrogen-bond acceptors (Lipinski definition) is 1. The largest absolute Gasteiger partial charge is 0.397 e. The minimum atomic E-state index is 0. The second kappa shape index (κ2) is 9.16. The van der Waals surface area contributed by atoms with Crippen molar-refractivity contribution in [1.29, 1.82) is 0 Å². The Balaban J connectivity index is 0. The molecular weight excluding hydrogens is 85.0 g/mol. The Morgan fingerprint density at radius 1 is 1.75 bits per heavy atom. The summed E-state index contributed by atoms with van der Waals surface area (Å²) in [7, 11) is 0. The van der Waals surface area contributed by atoms with Crippen molar-refractivity contribution in [2.45, 2.75) is 6.92 Å². The zero-order valence-electron chi connectivity index (χ0n) is 2.73. The molecule has 2 heteroatoms. The Morgan fingerprint density at radius 2 is 1.75 bits per heavy atom. The monoisotopic (exact) mass is 91.0 g/mol. The van der Waals surface area contributed by atoms with Crippen LogP contribution in [0, 0.1) is 0 Å². The Bertz CT molecular complexity index is 6.00. The first-order chi connectivity index (χ1) is 1.41. The maximum atomic E-state index is 7.57. The number of hydrogen-bond donors (Lipinski definition) is 1. The van der Waals surface area contributed by atoms with Gasteiger partial charge in [-0.05, 0) is 6.92 Å². The fourth-order valence-corrected chi connectivity index (χ4v) is 0. The molecule has 0 aliphatic rings. The van der Waals surface area contributed by atoms with Crippen molar-refractivity contribution >= 4 is 0 Å². The van der Waals surface area contributed by atoms with Crippen LogP contribution < -0.4 is 0 Å². The summed E-state index contributed by atoms with van der Waals surface area (Å²) >= 11 is 0. The van der Waals surface area contributed by atoms with Crippen LogP contribution in [-0.4, -0.2) is 11.7 Å². The first-order valence-electron chi connectivity index (χ1n) is 1.02. The van der Waals surface area contributed by atoms with Gasteiger partial charge in [0.15, 0.2) is 0 Å². The van der Waals surface area contributed by atoms with Crippen molar-refractivity contribution in [2.24, 2.45) is 0 Å². The average molecular weight is 91.0 g/mol. The Hall–Kier alpha value is 0.830. The van der Waals surface area contributed by atoms with Crippen LogP contribution in [0.5, 0.6) is 0 Å². The molecule has 0 amide bonds.